The molecule has 0 bridgehead atoms. The predicted molar refractivity (Wildman–Crippen MR) is 123 cm³/mol. The Morgan fingerprint density at radius 3 is 2.08 bits per heavy atom. The third kappa shape index (κ3) is 9.44. The van der Waals surface area contributed by atoms with Crippen molar-refractivity contribution >= 4 is 17.8 Å². The van der Waals surface area contributed by atoms with Crippen LogP contribution < -0.4 is 0 Å². The summed E-state index contributed by atoms with van der Waals surface area (Å²) in [7, 11) is 0. The zero-order valence-electron chi connectivity index (χ0n) is 20.9. The first-order valence-electron chi connectivity index (χ1n) is 11.5. The lowest BCUT2D eigenvalue weighted by atomic mass is 9.81. The van der Waals surface area contributed by atoms with Gasteiger partial charge in [-0.2, -0.15) is 26.3 Å². The van der Waals surface area contributed by atoms with Crippen molar-refractivity contribution in [3.8, 4) is 0 Å². The fourth-order valence-electron chi connectivity index (χ4n) is 3.74. The molecule has 40 heavy (non-hydrogen) atoms. The first-order chi connectivity index (χ1) is 18.5. The van der Waals surface area contributed by atoms with Crippen molar-refractivity contribution in [1.82, 2.24) is 14.9 Å². The minimum absolute atomic E-state index is 0.0220. The number of rotatable bonds is 5. The standard InChI is InChI=1S/C20H23N3O3.2C2HF3O2/c1-15-3-2-4-18(22-15)19(24)23-13-20(14-23)17(7-10-26-20)12-25-11-16-5-8-21-9-6-16;2*3-2(4,5)1(6)7/h2-6,8-9,17H,7,10-14H2,1H3;2*(H,6,7). The maximum Gasteiger partial charge on any atom is 0.490 e. The molecule has 1 spiro atoms. The fraction of sp³-hybridized carbons (Fsp3) is 0.458. The summed E-state index contributed by atoms with van der Waals surface area (Å²) in [5.41, 5.74) is 2.22. The van der Waals surface area contributed by atoms with Gasteiger partial charge in [0.25, 0.3) is 5.91 Å². The maximum atomic E-state index is 12.6. The molecular formula is C24H25F6N3O7. The molecule has 2 aromatic rings. The summed E-state index contributed by atoms with van der Waals surface area (Å²) in [5, 5.41) is 14.2. The molecule has 0 radical (unpaired) electrons. The molecule has 4 rings (SSSR count). The second-order valence-electron chi connectivity index (χ2n) is 8.70. The van der Waals surface area contributed by atoms with E-state index in [2.05, 4.69) is 9.97 Å². The molecule has 2 aliphatic rings. The fourth-order valence-corrected chi connectivity index (χ4v) is 3.74. The van der Waals surface area contributed by atoms with Crippen molar-refractivity contribution in [3.63, 3.8) is 0 Å². The maximum absolute atomic E-state index is 12.6. The van der Waals surface area contributed by atoms with Gasteiger partial charge in [-0.05, 0) is 43.2 Å². The molecule has 2 saturated heterocycles. The first kappa shape index (κ1) is 32.4. The molecule has 1 unspecified atom stereocenters. The van der Waals surface area contributed by atoms with Crippen LogP contribution in [0.3, 0.4) is 0 Å². The number of aromatic nitrogens is 2. The highest BCUT2D eigenvalue weighted by atomic mass is 19.4. The number of amides is 1. The number of hydrogen-bond acceptors (Lipinski definition) is 7. The Morgan fingerprint density at radius 2 is 1.57 bits per heavy atom. The molecule has 4 heterocycles. The summed E-state index contributed by atoms with van der Waals surface area (Å²) < 4.78 is 75.4. The molecular weight excluding hydrogens is 556 g/mol. The van der Waals surface area contributed by atoms with Crippen LogP contribution in [0.1, 0.15) is 28.2 Å². The Bertz CT molecular complexity index is 1130. The van der Waals surface area contributed by atoms with E-state index in [4.69, 9.17) is 29.3 Å². The molecule has 0 aliphatic carbocycles. The quantitative estimate of drug-likeness (QED) is 0.508. The SMILES string of the molecule is Cc1cccc(C(=O)N2CC3(C2)OCCC3COCc2ccncc2)n1.O=C(O)C(F)(F)F.O=C(O)C(F)(F)F. The van der Waals surface area contributed by atoms with E-state index in [0.29, 0.717) is 37.9 Å². The third-order valence-corrected chi connectivity index (χ3v) is 5.73. The van der Waals surface area contributed by atoms with Gasteiger partial charge in [-0.1, -0.05) is 6.07 Å². The number of likely N-dealkylation sites (tertiary alicyclic amines) is 1. The van der Waals surface area contributed by atoms with Gasteiger partial charge in [0.1, 0.15) is 11.3 Å². The molecule has 1 atom stereocenters. The first-order valence-corrected chi connectivity index (χ1v) is 11.5. The highest BCUT2D eigenvalue weighted by molar-refractivity contribution is 5.93. The van der Waals surface area contributed by atoms with E-state index >= 15 is 0 Å². The second kappa shape index (κ2) is 13.5. The van der Waals surface area contributed by atoms with Crippen LogP contribution in [0.2, 0.25) is 0 Å². The minimum atomic E-state index is -5.08. The Labute approximate surface area is 223 Å². The van der Waals surface area contributed by atoms with Crippen molar-refractivity contribution in [2.24, 2.45) is 5.92 Å². The molecule has 1 amide bonds. The monoisotopic (exact) mass is 581 g/mol. The van der Waals surface area contributed by atoms with E-state index in [0.717, 1.165) is 24.3 Å². The molecule has 10 nitrogen and oxygen atoms in total. The summed E-state index contributed by atoms with van der Waals surface area (Å²) in [6.45, 7) is 5.08. The van der Waals surface area contributed by atoms with Gasteiger partial charge in [-0.3, -0.25) is 9.78 Å². The number of pyridine rings is 2. The van der Waals surface area contributed by atoms with Gasteiger partial charge in [-0.15, -0.1) is 0 Å². The van der Waals surface area contributed by atoms with Crippen LogP contribution in [0, 0.1) is 12.8 Å². The topological polar surface area (TPSA) is 139 Å². The van der Waals surface area contributed by atoms with Crippen molar-refractivity contribution in [3.05, 3.63) is 59.7 Å². The summed E-state index contributed by atoms with van der Waals surface area (Å²) in [6, 6.07) is 9.45. The molecule has 16 heteroatoms. The normalized spacial score (nSPS) is 17.6. The van der Waals surface area contributed by atoms with E-state index in [9.17, 15) is 31.1 Å². The van der Waals surface area contributed by atoms with Crippen molar-refractivity contribution in [2.45, 2.75) is 37.9 Å². The lowest BCUT2D eigenvalue weighted by Gasteiger charge is -2.50. The van der Waals surface area contributed by atoms with Gasteiger partial charge in [0.05, 0.1) is 26.3 Å². The number of nitrogens with zero attached hydrogens (tertiary/aromatic N) is 3. The molecule has 2 aliphatic heterocycles. The Morgan fingerprint density at radius 1 is 1.02 bits per heavy atom. The van der Waals surface area contributed by atoms with E-state index in [1.54, 1.807) is 18.5 Å². The summed E-state index contributed by atoms with van der Waals surface area (Å²) in [4.78, 5) is 40.6. The van der Waals surface area contributed by atoms with Gasteiger partial charge in [0.2, 0.25) is 0 Å². The van der Waals surface area contributed by atoms with E-state index < -0.39 is 24.3 Å². The van der Waals surface area contributed by atoms with Gasteiger partial charge < -0.3 is 24.6 Å². The molecule has 2 N–H and O–H groups in total. The summed E-state index contributed by atoms with van der Waals surface area (Å²) in [5.74, 6) is -5.22. The highest BCUT2D eigenvalue weighted by Crippen LogP contribution is 2.40. The van der Waals surface area contributed by atoms with Gasteiger partial charge in [0, 0.05) is 30.6 Å². The number of carbonyl (C=O) groups is 3. The van der Waals surface area contributed by atoms with E-state index in [-0.39, 0.29) is 11.5 Å². The molecule has 220 valence electrons. The molecule has 2 aromatic heterocycles. The Kier molecular flexibility index (Phi) is 11.0. The highest BCUT2D eigenvalue weighted by Gasteiger charge is 2.54. The zero-order chi connectivity index (χ0) is 30.1. The number of ether oxygens (including phenoxy) is 2. The van der Waals surface area contributed by atoms with Crippen LogP contribution in [0.4, 0.5) is 26.3 Å². The predicted octanol–water partition coefficient (Wildman–Crippen LogP) is 3.50. The molecule has 0 aromatic carbocycles. The number of aliphatic carboxylic acids is 2. The largest absolute Gasteiger partial charge is 0.490 e. The molecule has 0 saturated carbocycles. The number of carboxylic acid groups (broad SMARTS) is 2. The van der Waals surface area contributed by atoms with E-state index in [1.807, 2.05) is 36.1 Å². The second-order valence-corrected chi connectivity index (χ2v) is 8.70. The smallest absolute Gasteiger partial charge is 0.475 e. The van der Waals surface area contributed by atoms with Crippen LogP contribution in [0.25, 0.3) is 0 Å². The Hall–Kier alpha value is -3.79. The van der Waals surface area contributed by atoms with Gasteiger partial charge >= 0.3 is 24.3 Å². The number of halogens is 6. The van der Waals surface area contributed by atoms with Crippen LogP contribution in [0.15, 0.2) is 42.7 Å². The number of alkyl halides is 6. The van der Waals surface area contributed by atoms with Gasteiger partial charge in [0.15, 0.2) is 0 Å². The lowest BCUT2D eigenvalue weighted by Crippen LogP contribution is -2.66. The minimum Gasteiger partial charge on any atom is -0.475 e. The summed E-state index contributed by atoms with van der Waals surface area (Å²) >= 11 is 0. The van der Waals surface area contributed by atoms with Crippen molar-refractivity contribution < 1.29 is 60.4 Å². The van der Waals surface area contributed by atoms with Crippen LogP contribution in [0.5, 0.6) is 0 Å². The lowest BCUT2D eigenvalue weighted by molar-refractivity contribution is -0.193. The van der Waals surface area contributed by atoms with Crippen LogP contribution >= 0.6 is 0 Å². The number of hydrogen-bond donors (Lipinski definition) is 2. The van der Waals surface area contributed by atoms with Gasteiger partial charge in [-0.25, -0.2) is 14.6 Å². The average molecular weight is 581 g/mol. The third-order valence-electron chi connectivity index (χ3n) is 5.73. The van der Waals surface area contributed by atoms with Crippen LogP contribution in [-0.2, 0) is 25.7 Å². The van der Waals surface area contributed by atoms with E-state index in [1.165, 1.54) is 0 Å². The summed E-state index contributed by atoms with van der Waals surface area (Å²) in [6.07, 6.45) is -5.65. The number of carbonyl (C=O) groups excluding carboxylic acids is 1. The number of aryl methyl sites for hydroxylation is 1. The van der Waals surface area contributed by atoms with Crippen molar-refractivity contribution in [2.75, 3.05) is 26.3 Å². The Balaban J connectivity index is 0.000000333. The van der Waals surface area contributed by atoms with Crippen molar-refractivity contribution in [1.29, 1.82) is 0 Å². The van der Waals surface area contributed by atoms with Crippen LogP contribution in [-0.4, -0.2) is 87.2 Å². The average Bonchev–Trinajstić information content (AvgIpc) is 3.27. The molecule has 2 fully saturated rings. The number of carboxylic acids is 2. The zero-order valence-corrected chi connectivity index (χ0v) is 20.9.